The Morgan fingerprint density at radius 1 is 1.08 bits per heavy atom. The number of rotatable bonds is 3. The smallest absolute Gasteiger partial charge is 0.321 e. The number of nitrogens with zero attached hydrogens (tertiary/aromatic N) is 3. The van der Waals surface area contributed by atoms with Crippen molar-refractivity contribution < 1.29 is 4.79 Å². The summed E-state index contributed by atoms with van der Waals surface area (Å²) >= 11 is 12.1. The van der Waals surface area contributed by atoms with Crippen LogP contribution in [0.2, 0.25) is 10.0 Å². The molecule has 1 aliphatic rings. The van der Waals surface area contributed by atoms with Crippen LogP contribution in [-0.2, 0) is 6.54 Å². The van der Waals surface area contributed by atoms with Crippen molar-refractivity contribution in [3.8, 4) is 0 Å². The first-order valence-electron chi connectivity index (χ1n) is 7.75. The fraction of sp³-hybridized carbons (Fsp3) is 0.294. The zero-order valence-corrected chi connectivity index (χ0v) is 14.6. The third-order valence-corrected chi connectivity index (χ3v) is 4.78. The van der Waals surface area contributed by atoms with E-state index in [1.54, 1.807) is 29.3 Å². The Morgan fingerprint density at radius 3 is 2.58 bits per heavy atom. The van der Waals surface area contributed by atoms with Crippen molar-refractivity contribution in [1.29, 1.82) is 0 Å². The first-order valence-corrected chi connectivity index (χ1v) is 8.51. The Kier molecular flexibility index (Phi) is 5.56. The molecular weight excluding hydrogens is 347 g/mol. The first kappa shape index (κ1) is 17.0. The summed E-state index contributed by atoms with van der Waals surface area (Å²) in [5, 5.41) is 3.61. The second kappa shape index (κ2) is 7.83. The molecule has 2 amide bonds. The number of urea groups is 1. The molecule has 7 heteroatoms. The van der Waals surface area contributed by atoms with Gasteiger partial charge in [0.15, 0.2) is 0 Å². The molecule has 0 radical (unpaired) electrons. The number of carbonyl (C=O) groups excluding carboxylic acids is 1. The largest absolute Gasteiger partial charge is 0.322 e. The monoisotopic (exact) mass is 364 g/mol. The summed E-state index contributed by atoms with van der Waals surface area (Å²) in [5.74, 6) is 0. The third kappa shape index (κ3) is 4.17. The second-order valence-electron chi connectivity index (χ2n) is 5.62. The summed E-state index contributed by atoms with van der Waals surface area (Å²) in [6.45, 7) is 3.75. The number of benzene rings is 1. The Bertz CT molecular complexity index is 703. The predicted molar refractivity (Wildman–Crippen MR) is 96.6 cm³/mol. The molecule has 5 nitrogen and oxygen atoms in total. The maximum atomic E-state index is 12.4. The Balaban J connectivity index is 1.52. The number of carbonyl (C=O) groups is 1. The topological polar surface area (TPSA) is 48.5 Å². The Morgan fingerprint density at radius 2 is 1.88 bits per heavy atom. The lowest BCUT2D eigenvalue weighted by molar-refractivity contribution is 0.142. The van der Waals surface area contributed by atoms with Gasteiger partial charge in [-0.2, -0.15) is 0 Å². The van der Waals surface area contributed by atoms with E-state index >= 15 is 0 Å². The number of amides is 2. The lowest BCUT2D eigenvalue weighted by atomic mass is 10.2. The van der Waals surface area contributed by atoms with Crippen molar-refractivity contribution in [3.05, 3.63) is 58.3 Å². The number of aromatic nitrogens is 1. The van der Waals surface area contributed by atoms with Crippen molar-refractivity contribution in [2.75, 3.05) is 31.5 Å². The maximum absolute atomic E-state index is 12.4. The standard InChI is InChI=1S/C17H18Cl2N4O/c18-14-5-3-6-15(16(14)19)21-17(24)23-10-8-22(9-11-23)12-13-4-1-2-7-20-13/h1-7H,8-12H2,(H,21,24). The summed E-state index contributed by atoms with van der Waals surface area (Å²) in [4.78, 5) is 20.8. The highest BCUT2D eigenvalue weighted by atomic mass is 35.5. The minimum Gasteiger partial charge on any atom is -0.322 e. The van der Waals surface area contributed by atoms with Gasteiger partial charge in [-0.05, 0) is 24.3 Å². The van der Waals surface area contributed by atoms with Gasteiger partial charge in [-0.1, -0.05) is 35.3 Å². The van der Waals surface area contributed by atoms with Gasteiger partial charge in [0.1, 0.15) is 0 Å². The van der Waals surface area contributed by atoms with Crippen molar-refractivity contribution in [2.24, 2.45) is 0 Å². The van der Waals surface area contributed by atoms with E-state index in [2.05, 4.69) is 15.2 Å². The molecule has 2 heterocycles. The molecule has 0 aliphatic carbocycles. The third-order valence-electron chi connectivity index (χ3n) is 3.96. The van der Waals surface area contributed by atoms with Gasteiger partial charge in [0.25, 0.3) is 0 Å². The Hall–Kier alpha value is -1.82. The highest BCUT2D eigenvalue weighted by Crippen LogP contribution is 2.29. The predicted octanol–water partition coefficient (Wildman–Crippen LogP) is 3.74. The van der Waals surface area contributed by atoms with E-state index in [1.165, 1.54) is 0 Å². The van der Waals surface area contributed by atoms with Crippen molar-refractivity contribution >= 4 is 34.9 Å². The van der Waals surface area contributed by atoms with Crippen LogP contribution in [0.5, 0.6) is 0 Å². The molecular formula is C17H18Cl2N4O. The number of pyridine rings is 1. The van der Waals surface area contributed by atoms with Gasteiger partial charge >= 0.3 is 6.03 Å². The number of halogens is 2. The number of nitrogens with one attached hydrogen (secondary N) is 1. The molecule has 0 atom stereocenters. The molecule has 3 rings (SSSR count). The van der Waals surface area contributed by atoms with E-state index in [0.717, 1.165) is 25.3 Å². The lowest BCUT2D eigenvalue weighted by Gasteiger charge is -2.34. The molecule has 1 aromatic heterocycles. The van der Waals surface area contributed by atoms with Crippen LogP contribution in [0, 0.1) is 0 Å². The van der Waals surface area contributed by atoms with Crippen LogP contribution in [0.4, 0.5) is 10.5 Å². The van der Waals surface area contributed by atoms with E-state index in [0.29, 0.717) is 28.8 Å². The van der Waals surface area contributed by atoms with Crippen molar-refractivity contribution in [1.82, 2.24) is 14.8 Å². The van der Waals surface area contributed by atoms with E-state index in [1.807, 2.05) is 18.2 Å². The van der Waals surface area contributed by atoms with Gasteiger partial charge in [-0.25, -0.2) is 4.79 Å². The highest BCUT2D eigenvalue weighted by Gasteiger charge is 2.22. The molecule has 1 aliphatic heterocycles. The molecule has 0 unspecified atom stereocenters. The minimum atomic E-state index is -0.156. The summed E-state index contributed by atoms with van der Waals surface area (Å²) in [5.41, 5.74) is 1.58. The summed E-state index contributed by atoms with van der Waals surface area (Å²) in [7, 11) is 0. The fourth-order valence-electron chi connectivity index (χ4n) is 2.62. The van der Waals surface area contributed by atoms with E-state index in [-0.39, 0.29) is 6.03 Å². The molecule has 1 fully saturated rings. The van der Waals surface area contributed by atoms with Gasteiger partial charge in [-0.15, -0.1) is 0 Å². The number of hydrogen-bond donors (Lipinski definition) is 1. The van der Waals surface area contributed by atoms with Crippen molar-refractivity contribution in [3.63, 3.8) is 0 Å². The molecule has 0 bridgehead atoms. The highest BCUT2D eigenvalue weighted by molar-refractivity contribution is 6.43. The van der Waals surface area contributed by atoms with Gasteiger partial charge < -0.3 is 10.2 Å². The van der Waals surface area contributed by atoms with Crippen LogP contribution in [0.25, 0.3) is 0 Å². The minimum absolute atomic E-state index is 0.156. The van der Waals surface area contributed by atoms with E-state index in [9.17, 15) is 4.79 Å². The lowest BCUT2D eigenvalue weighted by Crippen LogP contribution is -2.49. The van der Waals surface area contributed by atoms with Crippen LogP contribution < -0.4 is 5.32 Å². The van der Waals surface area contributed by atoms with Crippen LogP contribution in [0.3, 0.4) is 0 Å². The van der Waals surface area contributed by atoms with Crippen LogP contribution >= 0.6 is 23.2 Å². The zero-order valence-electron chi connectivity index (χ0n) is 13.1. The van der Waals surface area contributed by atoms with Gasteiger partial charge in [0.2, 0.25) is 0 Å². The average Bonchev–Trinajstić information content (AvgIpc) is 2.60. The van der Waals surface area contributed by atoms with Crippen LogP contribution in [-0.4, -0.2) is 47.0 Å². The number of piperazine rings is 1. The van der Waals surface area contributed by atoms with E-state index < -0.39 is 0 Å². The summed E-state index contributed by atoms with van der Waals surface area (Å²) in [6.07, 6.45) is 1.80. The molecule has 0 spiro atoms. The average molecular weight is 365 g/mol. The second-order valence-corrected chi connectivity index (χ2v) is 6.40. The molecule has 1 aromatic carbocycles. The van der Waals surface area contributed by atoms with Gasteiger partial charge in [0.05, 0.1) is 21.4 Å². The quantitative estimate of drug-likeness (QED) is 0.902. The maximum Gasteiger partial charge on any atom is 0.321 e. The van der Waals surface area contributed by atoms with Gasteiger partial charge in [-0.3, -0.25) is 9.88 Å². The van der Waals surface area contributed by atoms with Gasteiger partial charge in [0, 0.05) is 38.9 Å². The summed E-state index contributed by atoms with van der Waals surface area (Å²) in [6, 6.07) is 10.9. The van der Waals surface area contributed by atoms with Crippen LogP contribution in [0.15, 0.2) is 42.6 Å². The Labute approximate surface area is 151 Å². The molecule has 0 saturated carbocycles. The molecule has 24 heavy (non-hydrogen) atoms. The van der Waals surface area contributed by atoms with Crippen LogP contribution in [0.1, 0.15) is 5.69 Å². The van der Waals surface area contributed by atoms with E-state index in [4.69, 9.17) is 23.2 Å². The fourth-order valence-corrected chi connectivity index (χ4v) is 2.97. The molecule has 1 N–H and O–H groups in total. The molecule has 2 aromatic rings. The number of anilines is 1. The first-order chi connectivity index (χ1) is 11.6. The molecule has 1 saturated heterocycles. The summed E-state index contributed by atoms with van der Waals surface area (Å²) < 4.78 is 0. The molecule has 126 valence electrons. The SMILES string of the molecule is O=C(Nc1cccc(Cl)c1Cl)N1CCN(Cc2ccccn2)CC1. The zero-order chi connectivity index (χ0) is 16.9. The van der Waals surface area contributed by atoms with Crippen molar-refractivity contribution in [2.45, 2.75) is 6.54 Å². The number of hydrogen-bond acceptors (Lipinski definition) is 3. The normalized spacial score (nSPS) is 15.3.